The van der Waals surface area contributed by atoms with Crippen LogP contribution in [0.3, 0.4) is 0 Å². The molecule has 0 aromatic carbocycles. The Bertz CT molecular complexity index is 412. The Hall–Kier alpha value is -0.921. The topological polar surface area (TPSA) is 217 Å². The molecule has 116 valence electrons. The van der Waals surface area contributed by atoms with Crippen LogP contribution in [0.1, 0.15) is 0 Å². The molecule has 1 aliphatic rings. The van der Waals surface area contributed by atoms with Crippen LogP contribution in [0.15, 0.2) is 11.5 Å². The fourth-order valence-electron chi connectivity index (χ4n) is 0.823. The summed E-state index contributed by atoms with van der Waals surface area (Å²) in [6.45, 7) is -0.671. The molecule has 11 nitrogen and oxygen atoms in total. The summed E-state index contributed by atoms with van der Waals surface area (Å²) in [6, 6.07) is 0. The Morgan fingerprint density at radius 1 is 1.26 bits per heavy atom. The SMILES string of the molecule is N.O=C1O[C@H](C(O)CO)C(O)=C1O.O=S(=O)(O)O.[Fe]. The van der Waals surface area contributed by atoms with Gasteiger partial charge in [-0.05, 0) is 0 Å². The van der Waals surface area contributed by atoms with Crippen LogP contribution in [-0.4, -0.2) is 62.7 Å². The van der Waals surface area contributed by atoms with E-state index in [0.717, 1.165) is 0 Å². The zero-order chi connectivity index (χ0) is 13.8. The quantitative estimate of drug-likeness (QED) is 0.166. The fourth-order valence-corrected chi connectivity index (χ4v) is 0.823. The van der Waals surface area contributed by atoms with Crippen molar-refractivity contribution < 1.29 is 64.5 Å². The van der Waals surface area contributed by atoms with Crippen LogP contribution in [0.2, 0.25) is 0 Å². The van der Waals surface area contributed by atoms with Crippen molar-refractivity contribution in [2.24, 2.45) is 0 Å². The normalized spacial score (nSPS) is 19.4. The summed E-state index contributed by atoms with van der Waals surface area (Å²) in [5.41, 5.74) is 0. The molecule has 19 heavy (non-hydrogen) atoms. The number of hydrogen-bond donors (Lipinski definition) is 7. The minimum atomic E-state index is -4.67. The average Bonchev–Trinajstić information content (AvgIpc) is 2.42. The second-order valence-electron chi connectivity index (χ2n) is 2.76. The standard InChI is InChI=1S/C6H8O6.Fe.H3N.H2O4S/c7-1-2(8)5-3(9)4(10)6(11)12-5;;;1-5(2,3)4/h2,5,7-10H,1H2;;1H3;(H2,1,2,3,4)/t2?,5-;;;/m1.../s1. The first-order valence-electron chi connectivity index (χ1n) is 3.89. The monoisotopic (exact) mass is 347 g/mol. The van der Waals surface area contributed by atoms with E-state index in [9.17, 15) is 4.79 Å². The Morgan fingerprint density at radius 2 is 1.63 bits per heavy atom. The Labute approximate surface area is 118 Å². The van der Waals surface area contributed by atoms with E-state index in [4.69, 9.17) is 37.9 Å². The summed E-state index contributed by atoms with van der Waals surface area (Å²) in [5.74, 6) is -2.78. The van der Waals surface area contributed by atoms with Gasteiger partial charge in [-0.25, -0.2) is 4.79 Å². The number of carbonyl (C=O) groups is 1. The first-order chi connectivity index (χ1) is 7.57. The van der Waals surface area contributed by atoms with Crippen molar-refractivity contribution in [3.63, 3.8) is 0 Å². The minimum Gasteiger partial charge on any atom is -0.505 e. The molecular weight excluding hydrogens is 334 g/mol. The predicted molar refractivity (Wildman–Crippen MR) is 54.5 cm³/mol. The molecule has 0 amide bonds. The third-order valence-corrected chi connectivity index (χ3v) is 1.48. The molecule has 1 heterocycles. The molecule has 0 fully saturated rings. The van der Waals surface area contributed by atoms with E-state index in [1.54, 1.807) is 0 Å². The van der Waals surface area contributed by atoms with E-state index in [0.29, 0.717) is 0 Å². The first-order valence-corrected chi connectivity index (χ1v) is 5.29. The van der Waals surface area contributed by atoms with Gasteiger partial charge in [-0.2, -0.15) is 8.42 Å². The van der Waals surface area contributed by atoms with Crippen molar-refractivity contribution in [2.45, 2.75) is 12.2 Å². The maximum Gasteiger partial charge on any atom is 0.394 e. The van der Waals surface area contributed by atoms with Crippen LogP contribution >= 0.6 is 0 Å². The van der Waals surface area contributed by atoms with Gasteiger partial charge in [-0.15, -0.1) is 0 Å². The fraction of sp³-hybridized carbons (Fsp3) is 0.500. The summed E-state index contributed by atoms with van der Waals surface area (Å²) in [6.07, 6.45) is -2.78. The van der Waals surface area contributed by atoms with Gasteiger partial charge in [0.15, 0.2) is 11.9 Å². The largest absolute Gasteiger partial charge is 0.505 e. The summed E-state index contributed by atoms with van der Waals surface area (Å²) in [7, 11) is -4.67. The van der Waals surface area contributed by atoms with Crippen LogP contribution in [0.5, 0.6) is 0 Å². The third-order valence-electron chi connectivity index (χ3n) is 1.48. The van der Waals surface area contributed by atoms with Crippen LogP contribution in [-0.2, 0) is 37.0 Å². The van der Waals surface area contributed by atoms with Gasteiger partial charge in [0.2, 0.25) is 5.76 Å². The molecule has 0 saturated heterocycles. The van der Waals surface area contributed by atoms with Crippen molar-refractivity contribution in [3.8, 4) is 0 Å². The molecule has 9 N–H and O–H groups in total. The number of hydrogen-bond acceptors (Lipinski definition) is 9. The maximum absolute atomic E-state index is 10.5. The zero-order valence-corrected chi connectivity index (χ0v) is 11.1. The minimum absolute atomic E-state index is 0. The molecular formula is C6H13FeNO10S. The predicted octanol–water partition coefficient (Wildman–Crippen LogP) is -1.90. The van der Waals surface area contributed by atoms with Crippen molar-refractivity contribution in [3.05, 3.63) is 11.5 Å². The van der Waals surface area contributed by atoms with Crippen LogP contribution in [0.25, 0.3) is 0 Å². The summed E-state index contributed by atoms with van der Waals surface area (Å²) >= 11 is 0. The molecule has 0 radical (unpaired) electrons. The smallest absolute Gasteiger partial charge is 0.394 e. The van der Waals surface area contributed by atoms with Gasteiger partial charge in [-0.3, -0.25) is 9.11 Å². The van der Waals surface area contributed by atoms with Crippen molar-refractivity contribution in [1.82, 2.24) is 6.15 Å². The molecule has 13 heteroatoms. The number of carbonyl (C=O) groups excluding carboxylic acids is 1. The van der Waals surface area contributed by atoms with Crippen molar-refractivity contribution in [1.29, 1.82) is 0 Å². The van der Waals surface area contributed by atoms with E-state index in [-0.39, 0.29) is 23.2 Å². The van der Waals surface area contributed by atoms with Crippen LogP contribution < -0.4 is 6.15 Å². The number of rotatable bonds is 2. The van der Waals surface area contributed by atoms with Gasteiger partial charge in [-0.1, -0.05) is 0 Å². The van der Waals surface area contributed by atoms with Crippen LogP contribution in [0.4, 0.5) is 0 Å². The molecule has 0 aromatic rings. The molecule has 0 aromatic heterocycles. The van der Waals surface area contributed by atoms with Crippen LogP contribution in [0, 0.1) is 0 Å². The second-order valence-corrected chi connectivity index (χ2v) is 3.65. The molecule has 0 aliphatic carbocycles. The molecule has 0 spiro atoms. The molecule has 1 unspecified atom stereocenters. The van der Waals surface area contributed by atoms with Gasteiger partial charge in [0.1, 0.15) is 6.10 Å². The Kier molecular flexibility index (Phi) is 11.1. The van der Waals surface area contributed by atoms with Gasteiger partial charge in [0, 0.05) is 17.1 Å². The van der Waals surface area contributed by atoms with E-state index >= 15 is 0 Å². The molecule has 0 saturated carbocycles. The Morgan fingerprint density at radius 3 is 1.84 bits per heavy atom. The first kappa shape index (κ1) is 23.2. The number of aliphatic hydroxyl groups is 4. The summed E-state index contributed by atoms with van der Waals surface area (Å²) in [4.78, 5) is 10.5. The van der Waals surface area contributed by atoms with Gasteiger partial charge in [0.05, 0.1) is 6.61 Å². The average molecular weight is 347 g/mol. The number of aliphatic hydroxyl groups excluding tert-OH is 4. The molecule has 0 bridgehead atoms. The maximum atomic E-state index is 10.5. The third kappa shape index (κ3) is 8.74. The number of cyclic esters (lactones) is 1. The van der Waals surface area contributed by atoms with Gasteiger partial charge >= 0.3 is 16.4 Å². The van der Waals surface area contributed by atoms with E-state index in [1.807, 2.05) is 0 Å². The van der Waals surface area contributed by atoms with E-state index in [2.05, 4.69) is 4.74 Å². The number of ether oxygens (including phenoxy) is 1. The number of esters is 1. The molecule has 1 aliphatic heterocycles. The van der Waals surface area contributed by atoms with Crippen molar-refractivity contribution in [2.75, 3.05) is 6.61 Å². The van der Waals surface area contributed by atoms with E-state index in [1.165, 1.54) is 0 Å². The zero-order valence-electron chi connectivity index (χ0n) is 9.15. The van der Waals surface area contributed by atoms with Gasteiger partial charge < -0.3 is 31.3 Å². The second kappa shape index (κ2) is 9.06. The molecule has 2 atom stereocenters. The summed E-state index contributed by atoms with van der Waals surface area (Å²) in [5, 5.41) is 35.0. The van der Waals surface area contributed by atoms with E-state index < -0.39 is 46.7 Å². The summed E-state index contributed by atoms with van der Waals surface area (Å²) < 4.78 is 35.9. The van der Waals surface area contributed by atoms with Gasteiger partial charge in [0.25, 0.3) is 0 Å². The Balaban J connectivity index is -0.000000320. The molecule has 1 rings (SSSR count). The van der Waals surface area contributed by atoms with Crippen molar-refractivity contribution >= 4 is 16.4 Å².